The predicted octanol–water partition coefficient (Wildman–Crippen LogP) is 3.80. The van der Waals surface area contributed by atoms with Gasteiger partial charge in [0.1, 0.15) is 11.0 Å². The second-order valence-electron chi connectivity index (χ2n) is 8.02. The Morgan fingerprint density at radius 3 is 2.91 bits per heavy atom. The van der Waals surface area contributed by atoms with E-state index < -0.39 is 5.92 Å². The molecule has 0 spiro atoms. The highest BCUT2D eigenvalue weighted by atomic mass is 19.3. The molecule has 1 aliphatic rings. The van der Waals surface area contributed by atoms with Gasteiger partial charge in [-0.3, -0.25) is 15.0 Å². The van der Waals surface area contributed by atoms with Gasteiger partial charge in [-0.2, -0.15) is 5.10 Å². The van der Waals surface area contributed by atoms with E-state index in [-0.39, 0.29) is 13.0 Å². The lowest BCUT2D eigenvalue weighted by atomic mass is 10.1. The molecule has 0 amide bonds. The van der Waals surface area contributed by atoms with Gasteiger partial charge in [0.15, 0.2) is 17.2 Å². The van der Waals surface area contributed by atoms with Crippen molar-refractivity contribution in [2.45, 2.75) is 18.9 Å². The van der Waals surface area contributed by atoms with Crippen molar-refractivity contribution in [3.63, 3.8) is 0 Å². The van der Waals surface area contributed by atoms with Gasteiger partial charge >= 0.3 is 0 Å². The summed E-state index contributed by atoms with van der Waals surface area (Å²) >= 11 is 0. The molecule has 5 aromatic rings. The minimum atomic E-state index is -2.61. The van der Waals surface area contributed by atoms with E-state index in [9.17, 15) is 8.78 Å². The molecule has 0 saturated carbocycles. The largest absolute Gasteiger partial charge is 0.321 e. The van der Waals surface area contributed by atoms with Crippen molar-refractivity contribution in [3.05, 3.63) is 54.5 Å². The van der Waals surface area contributed by atoms with Gasteiger partial charge in [-0.15, -0.1) is 0 Å². The van der Waals surface area contributed by atoms with Crippen LogP contribution in [0.5, 0.6) is 0 Å². The number of pyridine rings is 3. The van der Waals surface area contributed by atoms with Crippen LogP contribution in [-0.4, -0.2) is 59.0 Å². The summed E-state index contributed by atoms with van der Waals surface area (Å²) in [7, 11) is 0. The minimum absolute atomic E-state index is 0.0983. The first-order valence-corrected chi connectivity index (χ1v) is 10.2. The fraction of sp³-hybridized carbons (Fsp3) is 0.227. The number of likely N-dealkylation sites (tertiary alicyclic amines) is 1. The van der Waals surface area contributed by atoms with Crippen molar-refractivity contribution < 1.29 is 8.78 Å². The Labute approximate surface area is 180 Å². The lowest BCUT2D eigenvalue weighted by Crippen LogP contribution is -2.24. The second kappa shape index (κ2) is 7.13. The summed E-state index contributed by atoms with van der Waals surface area (Å²) in [5.41, 5.74) is 5.88. The van der Waals surface area contributed by atoms with E-state index >= 15 is 0 Å². The maximum Gasteiger partial charge on any atom is 0.261 e. The number of H-pyrrole nitrogens is 2. The van der Waals surface area contributed by atoms with Crippen molar-refractivity contribution >= 4 is 22.2 Å². The maximum atomic E-state index is 13.5. The van der Waals surface area contributed by atoms with Crippen LogP contribution in [-0.2, 0) is 6.54 Å². The number of nitrogens with zero attached hydrogens (tertiary/aromatic N) is 6. The zero-order valence-electron chi connectivity index (χ0n) is 16.9. The molecule has 0 unspecified atom stereocenters. The number of aromatic amines is 2. The van der Waals surface area contributed by atoms with Crippen LogP contribution in [0, 0.1) is 0 Å². The molecule has 1 aliphatic heterocycles. The van der Waals surface area contributed by atoms with Crippen molar-refractivity contribution in [1.29, 1.82) is 0 Å². The van der Waals surface area contributed by atoms with Crippen LogP contribution >= 0.6 is 0 Å². The molecule has 0 bridgehead atoms. The van der Waals surface area contributed by atoms with Gasteiger partial charge in [0.2, 0.25) is 0 Å². The van der Waals surface area contributed by atoms with Crippen molar-refractivity contribution in [1.82, 2.24) is 40.0 Å². The number of aromatic nitrogens is 7. The highest BCUT2D eigenvalue weighted by Crippen LogP contribution is 2.29. The smallest absolute Gasteiger partial charge is 0.261 e. The Morgan fingerprint density at radius 2 is 2.06 bits per heavy atom. The van der Waals surface area contributed by atoms with Crippen LogP contribution in [0.3, 0.4) is 0 Å². The van der Waals surface area contributed by atoms with Crippen molar-refractivity contribution in [2.75, 3.05) is 13.1 Å². The van der Waals surface area contributed by atoms with Crippen LogP contribution in [0.25, 0.3) is 45.0 Å². The van der Waals surface area contributed by atoms with E-state index in [1.807, 2.05) is 30.3 Å². The van der Waals surface area contributed by atoms with Crippen LogP contribution in [0.15, 0.2) is 48.9 Å². The number of nitrogens with one attached hydrogen (secondary N) is 2. The number of imidazole rings is 1. The predicted molar refractivity (Wildman–Crippen MR) is 115 cm³/mol. The average Bonchev–Trinajstić information content (AvgIpc) is 3.49. The standard InChI is InChI=1S/C22H18F2N8/c23-22(24)5-7-32(12-22)11-13-8-14(10-25-9-13)15-3-4-16-18(27-15)19(31-30-16)21-28-17-2-1-6-26-20(17)29-21/h1-4,6,8-10H,5,7,11-12H2,(H,30,31)(H,26,28,29). The molecule has 0 aromatic carbocycles. The minimum Gasteiger partial charge on any atom is -0.321 e. The first-order chi connectivity index (χ1) is 15.5. The molecule has 0 aliphatic carbocycles. The van der Waals surface area contributed by atoms with Crippen LogP contribution < -0.4 is 0 Å². The van der Waals surface area contributed by atoms with Crippen molar-refractivity contribution in [3.8, 4) is 22.8 Å². The molecular formula is C22H18F2N8. The summed E-state index contributed by atoms with van der Waals surface area (Å²) in [4.78, 5) is 22.9. The highest BCUT2D eigenvalue weighted by Gasteiger charge is 2.37. The first kappa shape index (κ1) is 18.9. The number of hydrogen-bond acceptors (Lipinski definition) is 6. The van der Waals surface area contributed by atoms with Crippen LogP contribution in [0.2, 0.25) is 0 Å². The van der Waals surface area contributed by atoms with Gasteiger partial charge in [0.05, 0.1) is 17.8 Å². The third kappa shape index (κ3) is 3.38. The molecule has 1 fully saturated rings. The van der Waals surface area contributed by atoms with E-state index in [4.69, 9.17) is 4.98 Å². The van der Waals surface area contributed by atoms with E-state index in [0.717, 1.165) is 27.9 Å². The summed E-state index contributed by atoms with van der Waals surface area (Å²) < 4.78 is 27.0. The Bertz CT molecular complexity index is 1410. The highest BCUT2D eigenvalue weighted by molar-refractivity contribution is 5.90. The molecule has 5 aromatic heterocycles. The number of hydrogen-bond donors (Lipinski definition) is 2. The fourth-order valence-corrected chi connectivity index (χ4v) is 4.10. The molecule has 6 heterocycles. The number of fused-ring (bicyclic) bond motifs is 2. The second-order valence-corrected chi connectivity index (χ2v) is 8.02. The number of rotatable bonds is 4. The number of alkyl halides is 2. The molecule has 6 rings (SSSR count). The molecule has 0 radical (unpaired) electrons. The molecule has 160 valence electrons. The third-order valence-electron chi connectivity index (χ3n) is 5.63. The monoisotopic (exact) mass is 432 g/mol. The average molecular weight is 432 g/mol. The van der Waals surface area contributed by atoms with Crippen molar-refractivity contribution in [2.24, 2.45) is 0 Å². The Balaban J connectivity index is 1.34. The normalized spacial score (nSPS) is 16.3. The lowest BCUT2D eigenvalue weighted by molar-refractivity contribution is 0.0115. The Hall–Kier alpha value is -3.79. The summed E-state index contributed by atoms with van der Waals surface area (Å²) in [6.07, 6.45) is 5.04. The molecule has 2 N–H and O–H groups in total. The van der Waals surface area contributed by atoms with Crippen LogP contribution in [0.1, 0.15) is 12.0 Å². The molecule has 8 nitrogen and oxygen atoms in total. The molecule has 1 saturated heterocycles. The van der Waals surface area contributed by atoms with E-state index in [2.05, 4.69) is 30.1 Å². The van der Waals surface area contributed by atoms with Gasteiger partial charge in [0.25, 0.3) is 5.92 Å². The zero-order valence-corrected chi connectivity index (χ0v) is 16.9. The number of halogens is 2. The Kier molecular flexibility index (Phi) is 4.22. The molecule has 32 heavy (non-hydrogen) atoms. The summed E-state index contributed by atoms with van der Waals surface area (Å²) in [6, 6.07) is 9.44. The quantitative estimate of drug-likeness (QED) is 0.448. The summed E-state index contributed by atoms with van der Waals surface area (Å²) in [5.74, 6) is -2.03. The summed E-state index contributed by atoms with van der Waals surface area (Å²) in [5, 5.41) is 7.38. The fourth-order valence-electron chi connectivity index (χ4n) is 4.10. The lowest BCUT2D eigenvalue weighted by Gasteiger charge is -2.15. The van der Waals surface area contributed by atoms with Gasteiger partial charge < -0.3 is 4.98 Å². The molecule has 10 heteroatoms. The van der Waals surface area contributed by atoms with Gasteiger partial charge in [-0.1, -0.05) is 0 Å². The first-order valence-electron chi connectivity index (χ1n) is 10.2. The molecular weight excluding hydrogens is 414 g/mol. The SMILES string of the molecule is FC1(F)CCN(Cc2cncc(-c3ccc4[nH]nc(-c5nc6cccnc6[nH]5)c4n3)c2)C1. The van der Waals surface area contributed by atoms with E-state index in [0.29, 0.717) is 35.8 Å². The maximum absolute atomic E-state index is 13.5. The topological polar surface area (TPSA) is 99.3 Å². The van der Waals surface area contributed by atoms with E-state index in [1.165, 1.54) is 0 Å². The van der Waals surface area contributed by atoms with Gasteiger partial charge in [0, 0.05) is 43.7 Å². The van der Waals surface area contributed by atoms with Crippen LogP contribution in [0.4, 0.5) is 8.78 Å². The summed E-state index contributed by atoms with van der Waals surface area (Å²) in [6.45, 7) is 0.597. The molecule has 0 atom stereocenters. The van der Waals surface area contributed by atoms with Gasteiger partial charge in [-0.05, 0) is 35.9 Å². The van der Waals surface area contributed by atoms with Gasteiger partial charge in [-0.25, -0.2) is 23.7 Å². The zero-order chi connectivity index (χ0) is 21.7. The van der Waals surface area contributed by atoms with E-state index in [1.54, 1.807) is 23.5 Å². The Morgan fingerprint density at radius 1 is 1.12 bits per heavy atom. The third-order valence-corrected chi connectivity index (χ3v) is 5.63.